The van der Waals surface area contributed by atoms with Gasteiger partial charge in [-0.15, -0.1) is 0 Å². The van der Waals surface area contributed by atoms with Gasteiger partial charge in [-0.05, 0) is 18.9 Å². The molecule has 0 radical (unpaired) electrons. The van der Waals surface area contributed by atoms with Gasteiger partial charge in [0.15, 0.2) is 0 Å². The first-order valence-corrected chi connectivity index (χ1v) is 5.01. The summed E-state index contributed by atoms with van der Waals surface area (Å²) < 4.78 is 5.18. The number of carbonyl (C=O) groups is 2. The van der Waals surface area contributed by atoms with Gasteiger partial charge in [0, 0.05) is 18.8 Å². The van der Waals surface area contributed by atoms with Crippen molar-refractivity contribution in [3.63, 3.8) is 0 Å². The van der Waals surface area contributed by atoms with E-state index in [1.807, 2.05) is 0 Å². The van der Waals surface area contributed by atoms with Crippen LogP contribution in [0.2, 0.25) is 0 Å². The van der Waals surface area contributed by atoms with Crippen molar-refractivity contribution in [2.45, 2.75) is 31.6 Å². The Morgan fingerprint density at radius 3 is 3.00 bits per heavy atom. The van der Waals surface area contributed by atoms with Crippen LogP contribution in [0.1, 0.15) is 47.7 Å². The molecule has 1 unspecified atom stereocenters. The summed E-state index contributed by atoms with van der Waals surface area (Å²) in [7, 11) is 0. The summed E-state index contributed by atoms with van der Waals surface area (Å²) in [5.74, 6) is -0.390. The van der Waals surface area contributed by atoms with Crippen LogP contribution in [0.4, 0.5) is 0 Å². The number of aromatic carboxylic acids is 1. The number of ketones is 1. The van der Waals surface area contributed by atoms with E-state index in [9.17, 15) is 9.59 Å². The number of carboxylic acid groups (broad SMARTS) is 1. The number of Topliss-reactive ketones (excluding diaryl/α,β-unsaturated/α-hetero) is 1. The maximum atomic E-state index is 11.3. The van der Waals surface area contributed by atoms with Gasteiger partial charge < -0.3 is 9.52 Å². The topological polar surface area (TPSA) is 67.5 Å². The van der Waals surface area contributed by atoms with Crippen LogP contribution in [-0.2, 0) is 4.79 Å². The molecule has 15 heavy (non-hydrogen) atoms. The van der Waals surface area contributed by atoms with Crippen LogP contribution in [0.3, 0.4) is 0 Å². The fraction of sp³-hybridized carbons (Fsp3) is 0.455. The Balaban J connectivity index is 2.24. The smallest absolute Gasteiger partial charge is 0.339 e. The van der Waals surface area contributed by atoms with Gasteiger partial charge in [-0.2, -0.15) is 0 Å². The van der Waals surface area contributed by atoms with Gasteiger partial charge in [0.25, 0.3) is 0 Å². The van der Waals surface area contributed by atoms with E-state index in [1.54, 1.807) is 0 Å². The summed E-state index contributed by atoms with van der Waals surface area (Å²) >= 11 is 0. The van der Waals surface area contributed by atoms with Crippen LogP contribution < -0.4 is 0 Å². The fourth-order valence-corrected chi connectivity index (χ4v) is 2.06. The van der Waals surface area contributed by atoms with E-state index in [0.29, 0.717) is 18.6 Å². The monoisotopic (exact) mass is 208 g/mol. The van der Waals surface area contributed by atoms with Crippen LogP contribution in [0.25, 0.3) is 0 Å². The second kappa shape index (κ2) is 3.88. The number of carbonyl (C=O) groups excluding carboxylic acids is 1. The molecule has 1 saturated carbocycles. The van der Waals surface area contributed by atoms with E-state index in [-0.39, 0.29) is 17.3 Å². The van der Waals surface area contributed by atoms with Crippen LogP contribution >= 0.6 is 0 Å². The molecular weight excluding hydrogens is 196 g/mol. The molecule has 0 spiro atoms. The maximum absolute atomic E-state index is 11.3. The molecule has 1 aromatic heterocycles. The minimum Gasteiger partial charge on any atom is -0.478 e. The lowest BCUT2D eigenvalue weighted by molar-refractivity contribution is -0.120. The van der Waals surface area contributed by atoms with Gasteiger partial charge in [-0.3, -0.25) is 4.79 Å². The first-order valence-electron chi connectivity index (χ1n) is 5.01. The molecule has 0 aromatic carbocycles. The maximum Gasteiger partial charge on any atom is 0.339 e. The van der Waals surface area contributed by atoms with Crippen LogP contribution in [0.5, 0.6) is 0 Å². The zero-order valence-corrected chi connectivity index (χ0v) is 8.23. The molecule has 0 saturated heterocycles. The lowest BCUT2D eigenvalue weighted by Gasteiger charge is -2.19. The van der Waals surface area contributed by atoms with Crippen LogP contribution in [0, 0.1) is 0 Å². The highest BCUT2D eigenvalue weighted by molar-refractivity contribution is 5.89. The lowest BCUT2D eigenvalue weighted by Crippen LogP contribution is -2.15. The van der Waals surface area contributed by atoms with E-state index in [4.69, 9.17) is 9.52 Å². The number of hydrogen-bond acceptors (Lipinski definition) is 3. The van der Waals surface area contributed by atoms with Crippen molar-refractivity contribution in [3.8, 4) is 0 Å². The molecule has 1 aliphatic carbocycles. The van der Waals surface area contributed by atoms with E-state index in [1.165, 1.54) is 12.3 Å². The van der Waals surface area contributed by atoms with Gasteiger partial charge >= 0.3 is 5.97 Å². The highest BCUT2D eigenvalue weighted by Gasteiger charge is 2.27. The molecule has 1 aliphatic rings. The van der Waals surface area contributed by atoms with Crippen molar-refractivity contribution in [2.24, 2.45) is 0 Å². The molecule has 0 bridgehead atoms. The van der Waals surface area contributed by atoms with Gasteiger partial charge in [0.05, 0.1) is 6.26 Å². The van der Waals surface area contributed by atoms with Crippen molar-refractivity contribution in [3.05, 3.63) is 23.7 Å². The second-order valence-corrected chi connectivity index (χ2v) is 3.84. The summed E-state index contributed by atoms with van der Waals surface area (Å²) in [6, 6.07) is 1.44. The molecular formula is C11H12O4. The van der Waals surface area contributed by atoms with E-state index in [0.717, 1.165) is 12.8 Å². The number of rotatable bonds is 2. The molecule has 2 rings (SSSR count). The molecule has 0 aliphatic heterocycles. The van der Waals surface area contributed by atoms with Gasteiger partial charge in [0.1, 0.15) is 17.1 Å². The minimum atomic E-state index is -0.989. The Morgan fingerprint density at radius 1 is 1.53 bits per heavy atom. The predicted octanol–water partition coefficient (Wildman–Crippen LogP) is 2.20. The molecule has 1 atom stereocenters. The van der Waals surface area contributed by atoms with Crippen molar-refractivity contribution < 1.29 is 19.1 Å². The standard InChI is InChI=1S/C11H12O4/c12-8-3-1-2-7(6-8)10-9(11(13)14)4-5-15-10/h4-5,7H,1-3,6H2,(H,13,14). The molecule has 4 heteroatoms. The third kappa shape index (κ3) is 1.93. The van der Waals surface area contributed by atoms with Crippen molar-refractivity contribution in [1.82, 2.24) is 0 Å². The van der Waals surface area contributed by atoms with Crippen LogP contribution in [-0.4, -0.2) is 16.9 Å². The first-order chi connectivity index (χ1) is 7.18. The van der Waals surface area contributed by atoms with Gasteiger partial charge in [0.2, 0.25) is 0 Å². The molecule has 1 N–H and O–H groups in total. The third-order valence-corrected chi connectivity index (χ3v) is 2.78. The Bertz CT molecular complexity index is 391. The second-order valence-electron chi connectivity index (χ2n) is 3.84. The highest BCUT2D eigenvalue weighted by atomic mass is 16.4. The van der Waals surface area contributed by atoms with E-state index in [2.05, 4.69) is 0 Å². The summed E-state index contributed by atoms with van der Waals surface area (Å²) in [6.07, 6.45) is 4.05. The Kier molecular flexibility index (Phi) is 2.58. The Hall–Kier alpha value is -1.58. The summed E-state index contributed by atoms with van der Waals surface area (Å²) in [4.78, 5) is 22.1. The molecule has 1 fully saturated rings. The fourth-order valence-electron chi connectivity index (χ4n) is 2.06. The molecule has 80 valence electrons. The normalized spacial score (nSPS) is 21.6. The molecule has 0 amide bonds. The zero-order valence-electron chi connectivity index (χ0n) is 8.23. The molecule has 1 aromatic rings. The van der Waals surface area contributed by atoms with E-state index >= 15 is 0 Å². The van der Waals surface area contributed by atoms with E-state index < -0.39 is 5.97 Å². The van der Waals surface area contributed by atoms with Crippen molar-refractivity contribution >= 4 is 11.8 Å². The number of carboxylic acids is 1. The first kappa shape index (κ1) is 9.96. The molecule has 1 heterocycles. The highest BCUT2D eigenvalue weighted by Crippen LogP contribution is 2.33. The summed E-state index contributed by atoms with van der Waals surface area (Å²) in [5, 5.41) is 8.91. The largest absolute Gasteiger partial charge is 0.478 e. The van der Waals surface area contributed by atoms with Gasteiger partial charge in [-0.25, -0.2) is 4.79 Å². The lowest BCUT2D eigenvalue weighted by atomic mass is 9.85. The van der Waals surface area contributed by atoms with Crippen molar-refractivity contribution in [2.75, 3.05) is 0 Å². The van der Waals surface area contributed by atoms with Crippen molar-refractivity contribution in [1.29, 1.82) is 0 Å². The third-order valence-electron chi connectivity index (χ3n) is 2.78. The molecule has 4 nitrogen and oxygen atoms in total. The van der Waals surface area contributed by atoms with Gasteiger partial charge in [-0.1, -0.05) is 0 Å². The Labute approximate surface area is 86.9 Å². The SMILES string of the molecule is O=C1CCCC(c2occc2C(=O)O)C1. The summed E-state index contributed by atoms with van der Waals surface area (Å²) in [5.41, 5.74) is 0.190. The Morgan fingerprint density at radius 2 is 2.33 bits per heavy atom. The quantitative estimate of drug-likeness (QED) is 0.809. The predicted molar refractivity (Wildman–Crippen MR) is 51.9 cm³/mol. The average molecular weight is 208 g/mol. The zero-order chi connectivity index (χ0) is 10.8. The number of hydrogen-bond donors (Lipinski definition) is 1. The summed E-state index contributed by atoms with van der Waals surface area (Å²) in [6.45, 7) is 0. The average Bonchev–Trinajstić information content (AvgIpc) is 2.65. The van der Waals surface area contributed by atoms with Crippen LogP contribution in [0.15, 0.2) is 16.7 Å². The minimum absolute atomic E-state index is 0.0488. The number of furan rings is 1.